The first-order chi connectivity index (χ1) is 6.33. The largest absolute Gasteiger partial charge is 0.494 e. The van der Waals surface area contributed by atoms with Crippen molar-refractivity contribution in [2.45, 2.75) is 34.6 Å². The quantitative estimate of drug-likeness (QED) is 0.673. The number of aromatic nitrogens is 2. The summed E-state index contributed by atoms with van der Waals surface area (Å²) in [6.07, 6.45) is 3.28. The fraction of sp³-hybridized carbons (Fsp3) is 0.600. The zero-order valence-electron chi connectivity index (χ0n) is 9.46. The number of hydrogen-bond donors (Lipinski definition) is 0. The van der Waals surface area contributed by atoms with E-state index in [1.54, 1.807) is 19.5 Å². The van der Waals surface area contributed by atoms with Crippen LogP contribution in [0.25, 0.3) is 0 Å². The third-order valence-corrected chi connectivity index (χ3v) is 0.993. The molecule has 3 nitrogen and oxygen atoms in total. The summed E-state index contributed by atoms with van der Waals surface area (Å²) in [7, 11) is 1.59. The molecule has 0 radical (unpaired) electrons. The summed E-state index contributed by atoms with van der Waals surface area (Å²) in [5, 5.41) is 0. The van der Waals surface area contributed by atoms with Crippen LogP contribution in [0.5, 0.6) is 5.75 Å². The van der Waals surface area contributed by atoms with Crippen LogP contribution in [0.2, 0.25) is 0 Å². The fourth-order valence-electron chi connectivity index (χ4n) is 0.486. The molecular formula is C10H20N2O. The van der Waals surface area contributed by atoms with Crippen molar-refractivity contribution in [1.29, 1.82) is 0 Å². The second kappa shape index (κ2) is 10.9. The van der Waals surface area contributed by atoms with E-state index in [9.17, 15) is 0 Å². The number of methoxy groups -OCH3 is 1. The molecule has 0 saturated heterocycles. The third kappa shape index (κ3) is 7.25. The molecule has 1 rings (SSSR count). The number of aryl methyl sites for hydroxylation is 1. The predicted molar refractivity (Wildman–Crippen MR) is 56.0 cm³/mol. The molecule has 0 aliphatic heterocycles. The molecule has 1 aromatic heterocycles. The minimum Gasteiger partial charge on any atom is -0.494 e. The summed E-state index contributed by atoms with van der Waals surface area (Å²) in [6.45, 7) is 9.83. The number of hydrogen-bond acceptors (Lipinski definition) is 3. The van der Waals surface area contributed by atoms with Crippen LogP contribution in [0.15, 0.2) is 12.4 Å². The minimum atomic E-state index is 0.695. The fourth-order valence-corrected chi connectivity index (χ4v) is 0.486. The molecule has 0 spiro atoms. The predicted octanol–water partition coefficient (Wildman–Crippen LogP) is 2.85. The van der Waals surface area contributed by atoms with Crippen LogP contribution in [-0.4, -0.2) is 17.1 Å². The lowest BCUT2D eigenvalue weighted by Gasteiger charge is -1.95. The van der Waals surface area contributed by atoms with Gasteiger partial charge >= 0.3 is 0 Å². The molecule has 3 heteroatoms. The first-order valence-corrected chi connectivity index (χ1v) is 4.65. The average Bonchev–Trinajstić information content (AvgIpc) is 2.25. The monoisotopic (exact) mass is 184 g/mol. The van der Waals surface area contributed by atoms with Gasteiger partial charge in [-0.1, -0.05) is 27.7 Å². The van der Waals surface area contributed by atoms with Gasteiger partial charge in [0.2, 0.25) is 0 Å². The van der Waals surface area contributed by atoms with Crippen molar-refractivity contribution < 1.29 is 4.74 Å². The summed E-state index contributed by atoms with van der Waals surface area (Å²) in [5.74, 6) is 1.46. The molecule has 0 aromatic carbocycles. The SMILES string of the molecule is CC.CC.COc1cnc(C)nc1. The van der Waals surface area contributed by atoms with Gasteiger partial charge in [-0.25, -0.2) is 9.97 Å². The standard InChI is InChI=1S/C6H8N2O.2C2H6/c1-5-7-3-6(9-2)4-8-5;2*1-2/h3-4H,1-2H3;2*1-2H3. The van der Waals surface area contributed by atoms with Crippen molar-refractivity contribution in [3.05, 3.63) is 18.2 Å². The molecule has 0 N–H and O–H groups in total. The highest BCUT2D eigenvalue weighted by molar-refractivity contribution is 5.11. The Balaban J connectivity index is 0. The molecule has 0 saturated carbocycles. The van der Waals surface area contributed by atoms with Crippen molar-refractivity contribution in [2.24, 2.45) is 0 Å². The maximum Gasteiger partial charge on any atom is 0.155 e. The van der Waals surface area contributed by atoms with E-state index in [2.05, 4.69) is 9.97 Å². The van der Waals surface area contributed by atoms with E-state index >= 15 is 0 Å². The first kappa shape index (κ1) is 14.4. The van der Waals surface area contributed by atoms with Gasteiger partial charge in [0, 0.05) is 0 Å². The van der Waals surface area contributed by atoms with E-state index in [0.717, 1.165) is 5.82 Å². The molecule has 0 bridgehead atoms. The normalized spacial score (nSPS) is 7.23. The van der Waals surface area contributed by atoms with Crippen LogP contribution in [0.1, 0.15) is 33.5 Å². The molecule has 13 heavy (non-hydrogen) atoms. The van der Waals surface area contributed by atoms with Crippen molar-refractivity contribution in [2.75, 3.05) is 7.11 Å². The molecular weight excluding hydrogens is 164 g/mol. The summed E-state index contributed by atoms with van der Waals surface area (Å²) in [4.78, 5) is 7.83. The van der Waals surface area contributed by atoms with E-state index in [-0.39, 0.29) is 0 Å². The van der Waals surface area contributed by atoms with E-state index in [1.165, 1.54) is 0 Å². The number of ether oxygens (including phenoxy) is 1. The molecule has 0 fully saturated rings. The van der Waals surface area contributed by atoms with Crippen LogP contribution >= 0.6 is 0 Å². The Kier molecular flexibility index (Phi) is 12.1. The first-order valence-electron chi connectivity index (χ1n) is 4.65. The van der Waals surface area contributed by atoms with Crippen LogP contribution in [0.4, 0.5) is 0 Å². The lowest BCUT2D eigenvalue weighted by molar-refractivity contribution is 0.410. The van der Waals surface area contributed by atoms with Crippen molar-refractivity contribution in [1.82, 2.24) is 9.97 Å². The van der Waals surface area contributed by atoms with Gasteiger partial charge in [0.15, 0.2) is 5.75 Å². The van der Waals surface area contributed by atoms with Crippen LogP contribution in [0.3, 0.4) is 0 Å². The summed E-state index contributed by atoms with van der Waals surface area (Å²) < 4.78 is 4.84. The van der Waals surface area contributed by atoms with Crippen molar-refractivity contribution in [3.8, 4) is 5.75 Å². The summed E-state index contributed by atoms with van der Waals surface area (Å²) in [6, 6.07) is 0. The van der Waals surface area contributed by atoms with E-state index in [1.807, 2.05) is 34.6 Å². The number of rotatable bonds is 1. The second-order valence-corrected chi connectivity index (χ2v) is 1.67. The Morgan fingerprint density at radius 3 is 1.69 bits per heavy atom. The van der Waals surface area contributed by atoms with Crippen molar-refractivity contribution in [3.63, 3.8) is 0 Å². The Labute approximate surface area is 81.2 Å². The molecule has 1 heterocycles. The van der Waals surface area contributed by atoms with E-state index in [0.29, 0.717) is 5.75 Å². The highest BCUT2D eigenvalue weighted by Crippen LogP contribution is 2.02. The van der Waals surface area contributed by atoms with Gasteiger partial charge in [-0.15, -0.1) is 0 Å². The Hall–Kier alpha value is -1.12. The molecule has 1 aromatic rings. The van der Waals surface area contributed by atoms with Gasteiger partial charge in [-0.05, 0) is 6.92 Å². The van der Waals surface area contributed by atoms with E-state index in [4.69, 9.17) is 4.74 Å². The van der Waals surface area contributed by atoms with Crippen molar-refractivity contribution >= 4 is 0 Å². The number of nitrogens with zero attached hydrogens (tertiary/aromatic N) is 2. The topological polar surface area (TPSA) is 35.0 Å². The Morgan fingerprint density at radius 2 is 1.38 bits per heavy atom. The van der Waals surface area contributed by atoms with Gasteiger partial charge in [-0.3, -0.25) is 0 Å². The van der Waals surface area contributed by atoms with Gasteiger partial charge in [0.05, 0.1) is 19.5 Å². The molecule has 0 unspecified atom stereocenters. The molecule has 0 amide bonds. The molecule has 76 valence electrons. The highest BCUT2D eigenvalue weighted by atomic mass is 16.5. The Bertz CT molecular complexity index is 185. The van der Waals surface area contributed by atoms with Gasteiger partial charge in [-0.2, -0.15) is 0 Å². The van der Waals surface area contributed by atoms with Crippen LogP contribution in [0, 0.1) is 6.92 Å². The second-order valence-electron chi connectivity index (χ2n) is 1.67. The third-order valence-electron chi connectivity index (χ3n) is 0.993. The van der Waals surface area contributed by atoms with Crippen LogP contribution < -0.4 is 4.74 Å². The summed E-state index contributed by atoms with van der Waals surface area (Å²) >= 11 is 0. The van der Waals surface area contributed by atoms with Crippen LogP contribution in [-0.2, 0) is 0 Å². The Morgan fingerprint density at radius 1 is 1.00 bits per heavy atom. The molecule has 0 atom stereocenters. The molecule has 0 aliphatic rings. The molecule has 0 aliphatic carbocycles. The minimum absolute atomic E-state index is 0.695. The lowest BCUT2D eigenvalue weighted by Crippen LogP contribution is -1.88. The van der Waals surface area contributed by atoms with Gasteiger partial charge in [0.1, 0.15) is 5.82 Å². The average molecular weight is 184 g/mol. The maximum atomic E-state index is 4.84. The summed E-state index contributed by atoms with van der Waals surface area (Å²) in [5.41, 5.74) is 0. The van der Waals surface area contributed by atoms with Gasteiger partial charge in [0.25, 0.3) is 0 Å². The smallest absolute Gasteiger partial charge is 0.155 e. The maximum absolute atomic E-state index is 4.84. The highest BCUT2D eigenvalue weighted by Gasteiger charge is 1.88. The zero-order valence-corrected chi connectivity index (χ0v) is 9.46. The zero-order chi connectivity index (χ0) is 10.7. The lowest BCUT2D eigenvalue weighted by atomic mass is 10.6. The van der Waals surface area contributed by atoms with Gasteiger partial charge < -0.3 is 4.74 Å². The van der Waals surface area contributed by atoms with E-state index < -0.39 is 0 Å².